The maximum absolute atomic E-state index is 10.8. The third kappa shape index (κ3) is 1.53. The van der Waals surface area contributed by atoms with Crippen molar-refractivity contribution in [2.45, 2.75) is 0 Å². The highest BCUT2D eigenvalue weighted by molar-refractivity contribution is 5.96. The Labute approximate surface area is 89.9 Å². The van der Waals surface area contributed by atoms with Crippen molar-refractivity contribution >= 4 is 22.1 Å². The van der Waals surface area contributed by atoms with Crippen molar-refractivity contribution < 1.29 is 4.92 Å². The molecular formula is C10H6N4O2. The lowest BCUT2D eigenvalue weighted by molar-refractivity contribution is -0.383. The van der Waals surface area contributed by atoms with Gasteiger partial charge in [0.25, 0.3) is 5.69 Å². The van der Waals surface area contributed by atoms with Crippen LogP contribution >= 0.6 is 0 Å². The summed E-state index contributed by atoms with van der Waals surface area (Å²) in [6.45, 7) is 0. The van der Waals surface area contributed by atoms with Crippen LogP contribution in [0.15, 0.2) is 41.5 Å². The highest BCUT2D eigenvalue weighted by Gasteiger charge is 2.14. The lowest BCUT2D eigenvalue weighted by Crippen LogP contribution is -1.88. The first-order valence-electron chi connectivity index (χ1n) is 4.45. The van der Waals surface area contributed by atoms with E-state index in [0.29, 0.717) is 5.39 Å². The lowest BCUT2D eigenvalue weighted by Gasteiger charge is -2.01. The fourth-order valence-corrected chi connectivity index (χ4v) is 1.54. The second-order valence-corrected chi connectivity index (χ2v) is 3.10. The summed E-state index contributed by atoms with van der Waals surface area (Å²) < 4.78 is 0. The Bertz CT molecular complexity index is 617. The molecule has 0 fully saturated rings. The molecule has 0 aromatic heterocycles. The van der Waals surface area contributed by atoms with Crippen LogP contribution in [0.4, 0.5) is 11.4 Å². The molecule has 0 bridgehead atoms. The number of azide groups is 1. The van der Waals surface area contributed by atoms with Gasteiger partial charge in [0, 0.05) is 11.0 Å². The Morgan fingerprint density at radius 2 is 2.00 bits per heavy atom. The number of rotatable bonds is 2. The monoisotopic (exact) mass is 214 g/mol. The molecule has 0 spiro atoms. The molecule has 0 aliphatic carbocycles. The van der Waals surface area contributed by atoms with Gasteiger partial charge in [0.05, 0.1) is 4.92 Å². The molecule has 6 heteroatoms. The Balaban J connectivity index is 2.89. The predicted octanol–water partition coefficient (Wildman–Crippen LogP) is 3.69. The topological polar surface area (TPSA) is 91.9 Å². The highest BCUT2D eigenvalue weighted by atomic mass is 16.6. The van der Waals surface area contributed by atoms with E-state index in [1.807, 2.05) is 6.07 Å². The molecule has 0 N–H and O–H groups in total. The number of fused-ring (bicyclic) bond motifs is 1. The van der Waals surface area contributed by atoms with Gasteiger partial charge in [-0.3, -0.25) is 10.1 Å². The van der Waals surface area contributed by atoms with Gasteiger partial charge in [-0.25, -0.2) is 0 Å². The van der Waals surface area contributed by atoms with Crippen LogP contribution in [0.25, 0.3) is 21.2 Å². The largest absolute Gasteiger partial charge is 0.279 e. The number of benzene rings is 2. The molecule has 0 saturated carbocycles. The number of nitro groups is 1. The lowest BCUT2D eigenvalue weighted by atomic mass is 10.1. The Kier molecular flexibility index (Phi) is 2.41. The standard InChI is InChI=1S/C10H6N4O2/c11-13-12-10-8-4-2-1-3-7(8)5-6-9(10)14(15)16/h1-6H. The molecule has 2 rings (SSSR count). The third-order valence-corrected chi connectivity index (χ3v) is 2.22. The van der Waals surface area contributed by atoms with Crippen molar-refractivity contribution in [2.75, 3.05) is 0 Å². The maximum Gasteiger partial charge on any atom is 0.279 e. The van der Waals surface area contributed by atoms with Crippen LogP contribution in [-0.2, 0) is 0 Å². The van der Waals surface area contributed by atoms with Crippen LogP contribution < -0.4 is 0 Å². The van der Waals surface area contributed by atoms with E-state index in [9.17, 15) is 10.1 Å². The van der Waals surface area contributed by atoms with Crippen LogP contribution in [-0.4, -0.2) is 4.92 Å². The molecule has 0 heterocycles. The predicted molar refractivity (Wildman–Crippen MR) is 59.4 cm³/mol. The van der Waals surface area contributed by atoms with Gasteiger partial charge in [-0.15, -0.1) is 0 Å². The van der Waals surface area contributed by atoms with Crippen LogP contribution in [0.3, 0.4) is 0 Å². The molecule has 0 amide bonds. The first-order valence-corrected chi connectivity index (χ1v) is 4.45. The van der Waals surface area contributed by atoms with Crippen LogP contribution in [0.5, 0.6) is 0 Å². The van der Waals surface area contributed by atoms with E-state index in [2.05, 4.69) is 10.0 Å². The zero-order valence-corrected chi connectivity index (χ0v) is 8.07. The van der Waals surface area contributed by atoms with Gasteiger partial charge in [-0.05, 0) is 22.4 Å². The van der Waals surface area contributed by atoms with Crippen LogP contribution in [0.2, 0.25) is 0 Å². The quantitative estimate of drug-likeness (QED) is 0.250. The first-order chi connectivity index (χ1) is 7.74. The summed E-state index contributed by atoms with van der Waals surface area (Å²) in [4.78, 5) is 12.8. The second kappa shape index (κ2) is 3.88. The normalized spacial score (nSPS) is 9.75. The van der Waals surface area contributed by atoms with Crippen molar-refractivity contribution in [3.05, 3.63) is 57.0 Å². The summed E-state index contributed by atoms with van der Waals surface area (Å²) in [5, 5.41) is 15.5. The fourth-order valence-electron chi connectivity index (χ4n) is 1.54. The van der Waals surface area contributed by atoms with E-state index in [0.717, 1.165) is 5.39 Å². The minimum atomic E-state index is -0.559. The molecule has 0 aliphatic heterocycles. The molecule has 2 aromatic rings. The number of hydrogen-bond acceptors (Lipinski definition) is 3. The number of nitro benzene ring substituents is 1. The van der Waals surface area contributed by atoms with Gasteiger partial charge in [0.15, 0.2) is 0 Å². The molecule has 6 nitrogen and oxygen atoms in total. The summed E-state index contributed by atoms with van der Waals surface area (Å²) in [5.41, 5.74) is 8.30. The SMILES string of the molecule is [N-]=[N+]=Nc1c([N+](=O)[O-])ccc2ccccc12. The van der Waals surface area contributed by atoms with Crippen molar-refractivity contribution in [3.8, 4) is 0 Å². The molecule has 16 heavy (non-hydrogen) atoms. The Hall–Kier alpha value is -2.59. The third-order valence-electron chi connectivity index (χ3n) is 2.22. The second-order valence-electron chi connectivity index (χ2n) is 3.10. The molecule has 0 saturated heterocycles. The van der Waals surface area contributed by atoms with Crippen molar-refractivity contribution in [2.24, 2.45) is 5.11 Å². The summed E-state index contributed by atoms with van der Waals surface area (Å²) in [6, 6.07) is 10.0. The minimum Gasteiger partial charge on any atom is -0.258 e. The van der Waals surface area contributed by atoms with Crippen LogP contribution in [0, 0.1) is 10.1 Å². The average molecular weight is 214 g/mol. The maximum atomic E-state index is 10.8. The Morgan fingerprint density at radius 3 is 2.69 bits per heavy atom. The van der Waals surface area contributed by atoms with E-state index in [1.54, 1.807) is 24.3 Å². The average Bonchev–Trinajstić information content (AvgIpc) is 2.29. The van der Waals surface area contributed by atoms with Gasteiger partial charge in [0.1, 0.15) is 5.69 Å². The molecule has 0 aliphatic rings. The smallest absolute Gasteiger partial charge is 0.258 e. The van der Waals surface area contributed by atoms with Gasteiger partial charge >= 0.3 is 0 Å². The van der Waals surface area contributed by atoms with Gasteiger partial charge in [-0.2, -0.15) is 0 Å². The fraction of sp³-hybridized carbons (Fsp3) is 0. The molecule has 78 valence electrons. The number of hydrogen-bond donors (Lipinski definition) is 0. The first kappa shape index (κ1) is 9.95. The Morgan fingerprint density at radius 1 is 1.25 bits per heavy atom. The van der Waals surface area contributed by atoms with E-state index in [1.165, 1.54) is 6.07 Å². The molecule has 2 aromatic carbocycles. The minimum absolute atomic E-state index is 0.0607. The van der Waals surface area contributed by atoms with E-state index >= 15 is 0 Å². The number of nitrogens with zero attached hydrogens (tertiary/aromatic N) is 4. The summed E-state index contributed by atoms with van der Waals surface area (Å²) in [5.74, 6) is 0. The van der Waals surface area contributed by atoms with E-state index in [4.69, 9.17) is 5.53 Å². The molecule has 0 atom stereocenters. The van der Waals surface area contributed by atoms with E-state index < -0.39 is 4.92 Å². The summed E-state index contributed by atoms with van der Waals surface area (Å²) >= 11 is 0. The van der Waals surface area contributed by atoms with Crippen LogP contribution in [0.1, 0.15) is 0 Å². The van der Waals surface area contributed by atoms with Crippen molar-refractivity contribution in [1.29, 1.82) is 0 Å². The molecule has 0 radical (unpaired) electrons. The molecular weight excluding hydrogens is 208 g/mol. The van der Waals surface area contributed by atoms with Crippen molar-refractivity contribution in [1.82, 2.24) is 0 Å². The highest BCUT2D eigenvalue weighted by Crippen LogP contribution is 2.35. The van der Waals surface area contributed by atoms with Gasteiger partial charge in [-0.1, -0.05) is 29.4 Å². The molecule has 0 unspecified atom stereocenters. The van der Waals surface area contributed by atoms with E-state index in [-0.39, 0.29) is 11.4 Å². The van der Waals surface area contributed by atoms with Gasteiger partial charge in [0.2, 0.25) is 0 Å². The summed E-state index contributed by atoms with van der Waals surface area (Å²) in [7, 11) is 0. The van der Waals surface area contributed by atoms with Gasteiger partial charge < -0.3 is 0 Å². The zero-order valence-electron chi connectivity index (χ0n) is 8.07. The zero-order chi connectivity index (χ0) is 11.5. The summed E-state index contributed by atoms with van der Waals surface area (Å²) in [6.07, 6.45) is 0. The van der Waals surface area contributed by atoms with Crippen molar-refractivity contribution in [3.63, 3.8) is 0 Å².